The summed E-state index contributed by atoms with van der Waals surface area (Å²) >= 11 is 4.40. The Morgan fingerprint density at radius 2 is 1.60 bits per heavy atom. The molecule has 0 bridgehead atoms. The molecule has 0 heterocycles. The van der Waals surface area contributed by atoms with Gasteiger partial charge in [0.2, 0.25) is 0 Å². The average Bonchev–Trinajstić information content (AvgIpc) is 2.23. The van der Waals surface area contributed by atoms with Crippen LogP contribution in [0.1, 0.15) is 0 Å². The zero-order valence-corrected chi connectivity index (χ0v) is 11.5. The molecule has 0 amide bonds. The van der Waals surface area contributed by atoms with Gasteiger partial charge in [-0.3, -0.25) is 0 Å². The molecule has 2 aromatic rings. The second kappa shape index (κ2) is 5.61. The van der Waals surface area contributed by atoms with Crippen molar-refractivity contribution in [1.29, 1.82) is 0 Å². The summed E-state index contributed by atoms with van der Waals surface area (Å²) in [4.78, 5) is 0.949. The van der Waals surface area contributed by atoms with Crippen molar-refractivity contribution in [2.24, 2.45) is 0 Å². The van der Waals surface area contributed by atoms with E-state index in [4.69, 9.17) is 5.73 Å². The van der Waals surface area contributed by atoms with Crippen LogP contribution in [0.25, 0.3) is 11.1 Å². The summed E-state index contributed by atoms with van der Waals surface area (Å²) in [5, 5.41) is 0. The number of nitrogens with two attached hydrogens (primary N) is 1. The first kappa shape index (κ1) is 12.7. The molecule has 2 aromatic carbocycles. The van der Waals surface area contributed by atoms with Crippen molar-refractivity contribution in [2.45, 2.75) is 4.90 Å². The number of hydrogen-bond acceptors (Lipinski definition) is 2. The monoisotopic (exact) mass is 224 g/mol. The maximum Gasteiger partial charge on any atom is 0.0321 e. The Bertz CT molecular complexity index is 443. The van der Waals surface area contributed by atoms with Crippen molar-refractivity contribution in [3.05, 3.63) is 48.5 Å². The third-order valence-corrected chi connectivity index (χ3v) is 2.50. The number of anilines is 1. The van der Waals surface area contributed by atoms with Crippen molar-refractivity contribution in [1.82, 2.24) is 0 Å². The summed E-state index contributed by atoms with van der Waals surface area (Å²) in [5.74, 6) is 0. The molecule has 0 aliphatic rings. The molecule has 0 aromatic heterocycles. The summed E-state index contributed by atoms with van der Waals surface area (Å²) in [6.45, 7) is 0. The van der Waals surface area contributed by atoms with Crippen LogP contribution in [0.2, 0.25) is 0 Å². The van der Waals surface area contributed by atoms with Crippen LogP contribution in [0.3, 0.4) is 0 Å². The smallest absolute Gasteiger partial charge is 0.0321 e. The molecule has 1 radical (unpaired) electrons. The predicted octanol–water partition coefficient (Wildman–Crippen LogP) is 2.84. The van der Waals surface area contributed by atoms with Crippen LogP contribution < -0.4 is 5.73 Å². The van der Waals surface area contributed by atoms with E-state index in [2.05, 4.69) is 24.8 Å². The van der Waals surface area contributed by atoms with Crippen LogP contribution in [0.5, 0.6) is 0 Å². The molecule has 0 atom stereocenters. The Hall–Kier alpha value is -0.410. The standard InChI is InChI=1S/C12H11NS.Na/c13-10-6-7-12(14)11(8-10)9-4-2-1-3-5-9;/h1-8,14H,13H2;. The van der Waals surface area contributed by atoms with E-state index in [-0.39, 0.29) is 29.6 Å². The SMILES string of the molecule is Nc1ccc(S)c(-c2ccccc2)c1.[Na]. The summed E-state index contributed by atoms with van der Waals surface area (Å²) in [5.41, 5.74) is 8.72. The first-order chi connectivity index (χ1) is 6.77. The maximum absolute atomic E-state index is 5.73. The predicted molar refractivity (Wildman–Crippen MR) is 69.3 cm³/mol. The minimum atomic E-state index is 0. The second-order valence-corrected chi connectivity index (χ2v) is 3.62. The van der Waals surface area contributed by atoms with E-state index in [0.29, 0.717) is 0 Å². The zero-order chi connectivity index (χ0) is 9.97. The van der Waals surface area contributed by atoms with Gasteiger partial charge in [0, 0.05) is 40.1 Å². The molecule has 0 fully saturated rings. The van der Waals surface area contributed by atoms with E-state index >= 15 is 0 Å². The number of nitrogen functional groups attached to an aromatic ring is 1. The van der Waals surface area contributed by atoms with Gasteiger partial charge in [-0.25, -0.2) is 0 Å². The van der Waals surface area contributed by atoms with E-state index in [1.54, 1.807) is 0 Å². The van der Waals surface area contributed by atoms with Crippen LogP contribution in [-0.4, -0.2) is 29.6 Å². The molecule has 0 saturated heterocycles. The van der Waals surface area contributed by atoms with Crippen molar-refractivity contribution in [2.75, 3.05) is 5.73 Å². The van der Waals surface area contributed by atoms with Crippen molar-refractivity contribution < 1.29 is 0 Å². The molecule has 2 rings (SSSR count). The molecule has 0 saturated carbocycles. The van der Waals surface area contributed by atoms with Crippen LogP contribution in [0.15, 0.2) is 53.4 Å². The van der Waals surface area contributed by atoms with Crippen molar-refractivity contribution in [3.63, 3.8) is 0 Å². The molecular formula is C12H11NNaS. The molecule has 0 spiro atoms. The largest absolute Gasteiger partial charge is 0.399 e. The normalized spacial score (nSPS) is 9.40. The molecule has 71 valence electrons. The molecule has 1 nitrogen and oxygen atoms in total. The molecule has 2 N–H and O–H groups in total. The minimum absolute atomic E-state index is 0. The summed E-state index contributed by atoms with van der Waals surface area (Å²) < 4.78 is 0. The molecule has 0 aliphatic carbocycles. The Kier molecular flexibility index (Phi) is 4.74. The molecule has 3 heteroatoms. The van der Waals surface area contributed by atoms with Crippen molar-refractivity contribution >= 4 is 47.9 Å². The minimum Gasteiger partial charge on any atom is -0.399 e. The quantitative estimate of drug-likeness (QED) is 0.435. The Morgan fingerprint density at radius 3 is 2.27 bits per heavy atom. The van der Waals surface area contributed by atoms with E-state index in [1.165, 1.54) is 0 Å². The van der Waals surface area contributed by atoms with E-state index < -0.39 is 0 Å². The maximum atomic E-state index is 5.73. The van der Waals surface area contributed by atoms with Gasteiger partial charge < -0.3 is 5.73 Å². The fourth-order valence-corrected chi connectivity index (χ4v) is 1.67. The Labute approximate surface area is 117 Å². The van der Waals surface area contributed by atoms with Gasteiger partial charge in [0.1, 0.15) is 0 Å². The molecule has 0 unspecified atom stereocenters. The van der Waals surface area contributed by atoms with Crippen LogP contribution in [0, 0.1) is 0 Å². The van der Waals surface area contributed by atoms with Gasteiger partial charge in [-0.05, 0) is 29.3 Å². The average molecular weight is 224 g/mol. The van der Waals surface area contributed by atoms with Gasteiger partial charge in [0.05, 0.1) is 0 Å². The van der Waals surface area contributed by atoms with Gasteiger partial charge in [-0.2, -0.15) is 0 Å². The summed E-state index contributed by atoms with van der Waals surface area (Å²) in [7, 11) is 0. The molecular weight excluding hydrogens is 213 g/mol. The summed E-state index contributed by atoms with van der Waals surface area (Å²) in [6, 6.07) is 15.8. The van der Waals surface area contributed by atoms with Gasteiger partial charge in [-0.15, -0.1) is 12.6 Å². The first-order valence-corrected chi connectivity index (χ1v) is 4.86. The van der Waals surface area contributed by atoms with E-state index in [9.17, 15) is 0 Å². The second-order valence-electron chi connectivity index (χ2n) is 3.14. The number of benzene rings is 2. The number of hydrogen-bond donors (Lipinski definition) is 2. The third kappa shape index (κ3) is 3.02. The van der Waals surface area contributed by atoms with Gasteiger partial charge >= 0.3 is 0 Å². The third-order valence-electron chi connectivity index (χ3n) is 2.11. The van der Waals surface area contributed by atoms with Crippen molar-refractivity contribution in [3.8, 4) is 11.1 Å². The van der Waals surface area contributed by atoms with Gasteiger partial charge in [0.15, 0.2) is 0 Å². The van der Waals surface area contributed by atoms with E-state index in [1.807, 2.05) is 36.4 Å². The topological polar surface area (TPSA) is 26.0 Å². The number of rotatable bonds is 1. The summed E-state index contributed by atoms with van der Waals surface area (Å²) in [6.07, 6.45) is 0. The molecule has 15 heavy (non-hydrogen) atoms. The first-order valence-electron chi connectivity index (χ1n) is 4.41. The fourth-order valence-electron chi connectivity index (χ4n) is 1.40. The zero-order valence-electron chi connectivity index (χ0n) is 8.64. The van der Waals surface area contributed by atoms with Gasteiger partial charge in [-0.1, -0.05) is 30.3 Å². The van der Waals surface area contributed by atoms with Crippen LogP contribution >= 0.6 is 12.6 Å². The van der Waals surface area contributed by atoms with E-state index in [0.717, 1.165) is 21.7 Å². The number of thiol groups is 1. The fraction of sp³-hybridized carbons (Fsp3) is 0. The Morgan fingerprint density at radius 1 is 0.933 bits per heavy atom. The Balaban J connectivity index is 0.00000112. The van der Waals surface area contributed by atoms with Crippen LogP contribution in [-0.2, 0) is 0 Å². The molecule has 0 aliphatic heterocycles. The van der Waals surface area contributed by atoms with Gasteiger partial charge in [0.25, 0.3) is 0 Å². The van der Waals surface area contributed by atoms with Crippen LogP contribution in [0.4, 0.5) is 5.69 Å².